The van der Waals surface area contributed by atoms with Crippen molar-refractivity contribution in [1.29, 1.82) is 0 Å². The van der Waals surface area contributed by atoms with Gasteiger partial charge in [0.1, 0.15) is 5.82 Å². The summed E-state index contributed by atoms with van der Waals surface area (Å²) in [5, 5.41) is 10.2. The largest absolute Gasteiger partial charge is 0.417 e. The quantitative estimate of drug-likeness (QED) is 0.865. The smallest absolute Gasteiger partial charge is 0.388 e. The summed E-state index contributed by atoms with van der Waals surface area (Å²) in [6.07, 6.45) is -4.12. The molecule has 1 aromatic rings. The number of hydrogen-bond donors (Lipinski definition) is 1. The maximum absolute atomic E-state index is 12.8. The number of halogens is 3. The molecule has 0 aliphatic carbocycles. The topological polar surface area (TPSA) is 39.6 Å². The number of allylic oxidation sites excluding steroid dienone is 1. The first kappa shape index (κ1) is 15.1. The third-order valence-corrected chi connectivity index (χ3v) is 4.37. The van der Waals surface area contributed by atoms with Gasteiger partial charge < -0.3 is 14.9 Å². The molecule has 120 valence electrons. The Hall–Kier alpha value is -1.76. The predicted octanol–water partition coefficient (Wildman–Crippen LogP) is 2.56. The number of aliphatic hydroxyl groups excluding tert-OH is 1. The molecule has 0 saturated carbocycles. The molecule has 0 spiro atoms. The number of fused-ring (bicyclic) bond motifs is 3. The Kier molecular flexibility index (Phi) is 3.55. The third kappa shape index (κ3) is 2.54. The summed E-state index contributed by atoms with van der Waals surface area (Å²) in [6.45, 7) is 7.97. The summed E-state index contributed by atoms with van der Waals surface area (Å²) in [5.74, 6) is 0.470. The number of alkyl halides is 3. The lowest BCUT2D eigenvalue weighted by atomic mass is 9.93. The number of pyridine rings is 1. The second kappa shape index (κ2) is 5.15. The minimum absolute atomic E-state index is 0.0391. The van der Waals surface area contributed by atoms with Gasteiger partial charge in [0, 0.05) is 37.1 Å². The molecule has 3 heterocycles. The summed E-state index contributed by atoms with van der Waals surface area (Å²) in [5.41, 5.74) is 0.416. The highest BCUT2D eigenvalue weighted by Crippen LogP contribution is 2.40. The number of rotatable bonds is 1. The van der Waals surface area contributed by atoms with Crippen LogP contribution in [-0.2, 0) is 6.18 Å². The van der Waals surface area contributed by atoms with Crippen LogP contribution >= 0.6 is 0 Å². The molecule has 0 aromatic carbocycles. The fraction of sp³-hybridized carbons (Fsp3) is 0.533. The van der Waals surface area contributed by atoms with Crippen LogP contribution in [0, 0.1) is 0 Å². The van der Waals surface area contributed by atoms with E-state index in [0.29, 0.717) is 25.3 Å². The highest BCUT2D eigenvalue weighted by molar-refractivity contribution is 5.53. The number of aromatic nitrogens is 1. The SMILES string of the molecule is C=C(C)N1CCN2c3ncc(C(F)(F)F)cc3[C@H](O)C[C@@H]2C1. The summed E-state index contributed by atoms with van der Waals surface area (Å²) in [6, 6.07) is 1.06. The molecular formula is C15H18F3N3O. The van der Waals surface area contributed by atoms with E-state index in [1.807, 2.05) is 11.8 Å². The summed E-state index contributed by atoms with van der Waals surface area (Å²) in [4.78, 5) is 8.12. The van der Waals surface area contributed by atoms with Crippen LogP contribution in [0.15, 0.2) is 24.5 Å². The maximum atomic E-state index is 12.8. The van der Waals surface area contributed by atoms with Gasteiger partial charge in [-0.2, -0.15) is 13.2 Å². The summed E-state index contributed by atoms with van der Waals surface area (Å²) in [7, 11) is 0. The van der Waals surface area contributed by atoms with E-state index >= 15 is 0 Å². The average molecular weight is 313 g/mol. The molecule has 4 nitrogen and oxygen atoms in total. The van der Waals surface area contributed by atoms with Crippen LogP contribution in [0.4, 0.5) is 19.0 Å². The summed E-state index contributed by atoms with van der Waals surface area (Å²) < 4.78 is 38.4. The Morgan fingerprint density at radius 3 is 2.77 bits per heavy atom. The first-order chi connectivity index (χ1) is 10.3. The lowest BCUT2D eigenvalue weighted by Crippen LogP contribution is -2.55. The first-order valence-electron chi connectivity index (χ1n) is 7.19. The molecule has 0 radical (unpaired) electrons. The van der Waals surface area contributed by atoms with E-state index in [0.717, 1.165) is 24.5 Å². The number of hydrogen-bond acceptors (Lipinski definition) is 4. The van der Waals surface area contributed by atoms with E-state index in [-0.39, 0.29) is 11.6 Å². The minimum atomic E-state index is -4.45. The molecule has 1 aromatic heterocycles. The van der Waals surface area contributed by atoms with Gasteiger partial charge in [0.2, 0.25) is 0 Å². The fourth-order valence-electron chi connectivity index (χ4n) is 3.18. The normalized spacial score (nSPS) is 24.8. The lowest BCUT2D eigenvalue weighted by molar-refractivity contribution is -0.137. The van der Waals surface area contributed by atoms with Gasteiger partial charge in [0.05, 0.1) is 17.7 Å². The average Bonchev–Trinajstić information content (AvgIpc) is 2.45. The predicted molar refractivity (Wildman–Crippen MR) is 76.3 cm³/mol. The molecule has 1 fully saturated rings. The molecule has 2 aliphatic rings. The fourth-order valence-corrected chi connectivity index (χ4v) is 3.18. The van der Waals surface area contributed by atoms with Gasteiger partial charge in [0.15, 0.2) is 0 Å². The van der Waals surface area contributed by atoms with Crippen molar-refractivity contribution in [2.24, 2.45) is 0 Å². The zero-order valence-electron chi connectivity index (χ0n) is 12.3. The van der Waals surface area contributed by atoms with Crippen LogP contribution in [0.3, 0.4) is 0 Å². The van der Waals surface area contributed by atoms with E-state index in [1.54, 1.807) is 0 Å². The van der Waals surface area contributed by atoms with Gasteiger partial charge in [-0.15, -0.1) is 0 Å². The third-order valence-electron chi connectivity index (χ3n) is 4.37. The van der Waals surface area contributed by atoms with Crippen molar-refractivity contribution in [3.8, 4) is 0 Å². The van der Waals surface area contributed by atoms with Crippen molar-refractivity contribution in [2.45, 2.75) is 31.7 Å². The zero-order valence-corrected chi connectivity index (χ0v) is 12.3. The summed E-state index contributed by atoms with van der Waals surface area (Å²) >= 11 is 0. The zero-order chi connectivity index (χ0) is 16.1. The standard InChI is InChI=1S/C15H18F3N3O/c1-9(2)20-3-4-21-11(8-20)6-13(22)12-5-10(15(16,17)18)7-19-14(12)21/h5,7,11,13,22H,1,3-4,6,8H2,2H3/t11-,13-/m1/s1. The van der Waals surface area contributed by atoms with E-state index in [4.69, 9.17) is 0 Å². The molecule has 22 heavy (non-hydrogen) atoms. The van der Waals surface area contributed by atoms with Crippen molar-refractivity contribution in [2.75, 3.05) is 24.5 Å². The Morgan fingerprint density at radius 2 is 2.14 bits per heavy atom. The van der Waals surface area contributed by atoms with Crippen LogP contribution in [0.5, 0.6) is 0 Å². The Bertz CT molecular complexity index is 602. The second-order valence-corrected chi connectivity index (χ2v) is 5.91. The van der Waals surface area contributed by atoms with Gasteiger partial charge in [-0.25, -0.2) is 4.98 Å². The number of anilines is 1. The van der Waals surface area contributed by atoms with Crippen LogP contribution in [0.1, 0.15) is 30.6 Å². The van der Waals surface area contributed by atoms with Crippen molar-refractivity contribution in [3.63, 3.8) is 0 Å². The minimum Gasteiger partial charge on any atom is -0.388 e. The van der Waals surface area contributed by atoms with E-state index in [1.165, 1.54) is 0 Å². The highest BCUT2D eigenvalue weighted by atomic mass is 19.4. The van der Waals surface area contributed by atoms with Crippen molar-refractivity contribution < 1.29 is 18.3 Å². The van der Waals surface area contributed by atoms with Crippen LogP contribution in [0.2, 0.25) is 0 Å². The molecule has 0 bridgehead atoms. The molecule has 1 saturated heterocycles. The molecule has 0 amide bonds. The monoisotopic (exact) mass is 313 g/mol. The van der Waals surface area contributed by atoms with Gasteiger partial charge in [-0.05, 0) is 19.4 Å². The van der Waals surface area contributed by atoms with Crippen molar-refractivity contribution in [1.82, 2.24) is 9.88 Å². The molecule has 1 N–H and O–H groups in total. The van der Waals surface area contributed by atoms with Crippen LogP contribution < -0.4 is 4.90 Å². The molecular weight excluding hydrogens is 295 g/mol. The second-order valence-electron chi connectivity index (χ2n) is 5.91. The number of piperazine rings is 1. The van der Waals surface area contributed by atoms with Crippen molar-refractivity contribution >= 4 is 5.82 Å². The van der Waals surface area contributed by atoms with Crippen molar-refractivity contribution in [3.05, 3.63) is 35.7 Å². The van der Waals surface area contributed by atoms with Gasteiger partial charge in [0.25, 0.3) is 0 Å². The van der Waals surface area contributed by atoms with Crippen LogP contribution in [0.25, 0.3) is 0 Å². The van der Waals surface area contributed by atoms with Crippen LogP contribution in [-0.4, -0.2) is 40.7 Å². The lowest BCUT2D eigenvalue weighted by Gasteiger charge is -2.47. The molecule has 7 heteroatoms. The van der Waals surface area contributed by atoms with E-state index < -0.39 is 17.8 Å². The first-order valence-corrected chi connectivity index (χ1v) is 7.19. The van der Waals surface area contributed by atoms with E-state index in [2.05, 4.69) is 16.5 Å². The number of nitrogens with zero attached hydrogens (tertiary/aromatic N) is 3. The Labute approximate surface area is 126 Å². The molecule has 3 rings (SSSR count). The van der Waals surface area contributed by atoms with Gasteiger partial charge in [-0.1, -0.05) is 6.58 Å². The van der Waals surface area contributed by atoms with Gasteiger partial charge >= 0.3 is 6.18 Å². The molecule has 2 atom stereocenters. The molecule has 0 unspecified atom stereocenters. The Balaban J connectivity index is 1.93. The molecule has 2 aliphatic heterocycles. The Morgan fingerprint density at radius 1 is 1.41 bits per heavy atom. The van der Waals surface area contributed by atoms with Gasteiger partial charge in [-0.3, -0.25) is 0 Å². The maximum Gasteiger partial charge on any atom is 0.417 e. The van der Waals surface area contributed by atoms with E-state index in [9.17, 15) is 18.3 Å². The highest BCUT2D eigenvalue weighted by Gasteiger charge is 2.39. The number of aliphatic hydroxyl groups is 1.